The molecule has 6 nitrogen and oxygen atoms in total. The number of ether oxygens (including phenoxy) is 1. The molecule has 1 aromatic carbocycles. The number of benzene rings is 1. The molecule has 1 atom stereocenters. The Bertz CT molecular complexity index is 808. The minimum Gasteiger partial charge on any atom is -0.494 e. The van der Waals surface area contributed by atoms with Crippen LogP contribution in [0.5, 0.6) is 5.75 Å². The van der Waals surface area contributed by atoms with E-state index in [1.54, 1.807) is 7.11 Å². The third-order valence-corrected chi connectivity index (χ3v) is 4.21. The summed E-state index contributed by atoms with van der Waals surface area (Å²) in [5.41, 5.74) is 2.08. The van der Waals surface area contributed by atoms with Crippen molar-refractivity contribution in [1.82, 2.24) is 24.6 Å². The highest BCUT2D eigenvalue weighted by Crippen LogP contribution is 2.21. The average Bonchev–Trinajstić information content (AvgIpc) is 3.29. The van der Waals surface area contributed by atoms with Crippen molar-refractivity contribution in [3.05, 3.63) is 60.4 Å². The Balaban J connectivity index is 1.60. The van der Waals surface area contributed by atoms with Crippen LogP contribution >= 0.6 is 0 Å². The molecule has 1 unspecified atom stereocenters. The van der Waals surface area contributed by atoms with Crippen LogP contribution in [0.2, 0.25) is 0 Å². The molecule has 0 saturated heterocycles. The summed E-state index contributed by atoms with van der Waals surface area (Å²) in [6, 6.07) is 8.21. The van der Waals surface area contributed by atoms with Crippen LogP contribution in [0.4, 0.5) is 0 Å². The molecule has 2 aromatic heterocycles. The minimum absolute atomic E-state index is 0.342. The molecule has 2 heterocycles. The lowest BCUT2D eigenvalue weighted by atomic mass is 10.2. The zero-order valence-electron chi connectivity index (χ0n) is 15.0. The van der Waals surface area contributed by atoms with Gasteiger partial charge in [-0.2, -0.15) is 5.10 Å². The Morgan fingerprint density at radius 2 is 2.12 bits per heavy atom. The third-order valence-electron chi connectivity index (χ3n) is 4.21. The van der Waals surface area contributed by atoms with E-state index in [1.165, 1.54) is 0 Å². The number of rotatable bonds is 8. The number of para-hydroxylation sites is 2. The van der Waals surface area contributed by atoms with Crippen molar-refractivity contribution < 1.29 is 4.74 Å². The fourth-order valence-corrected chi connectivity index (χ4v) is 2.87. The predicted octanol–water partition coefficient (Wildman–Crippen LogP) is 2.82. The van der Waals surface area contributed by atoms with Crippen molar-refractivity contribution in [2.45, 2.75) is 39.4 Å². The van der Waals surface area contributed by atoms with E-state index < -0.39 is 0 Å². The molecule has 0 saturated carbocycles. The van der Waals surface area contributed by atoms with Crippen LogP contribution in [-0.2, 0) is 19.5 Å². The summed E-state index contributed by atoms with van der Waals surface area (Å²) in [4.78, 5) is 4.37. The van der Waals surface area contributed by atoms with Crippen LogP contribution in [0.15, 0.2) is 49.1 Å². The first-order valence-electron chi connectivity index (χ1n) is 8.61. The molecule has 25 heavy (non-hydrogen) atoms. The maximum Gasteiger partial charge on any atom is 0.144 e. The largest absolute Gasteiger partial charge is 0.494 e. The average molecular weight is 339 g/mol. The van der Waals surface area contributed by atoms with Gasteiger partial charge in [0.2, 0.25) is 0 Å². The number of nitrogens with one attached hydrogen (secondary N) is 1. The summed E-state index contributed by atoms with van der Waals surface area (Å²) in [5, 5.41) is 8.01. The number of methoxy groups -OCH3 is 1. The molecule has 0 amide bonds. The molecule has 132 valence electrons. The SMILES string of the molecule is CCc1nccn1CC(C)NCc1cnn(-c2ccccc2OC)c1. The Labute approximate surface area is 148 Å². The second kappa shape index (κ2) is 7.98. The molecule has 3 aromatic rings. The number of hydrogen-bond acceptors (Lipinski definition) is 4. The molecular weight excluding hydrogens is 314 g/mol. The lowest BCUT2D eigenvalue weighted by Gasteiger charge is -2.15. The second-order valence-electron chi connectivity index (χ2n) is 6.10. The number of aryl methyl sites for hydroxylation is 1. The van der Waals surface area contributed by atoms with Crippen LogP contribution in [-0.4, -0.2) is 32.5 Å². The molecule has 0 bridgehead atoms. The highest BCUT2D eigenvalue weighted by molar-refractivity contribution is 5.46. The Morgan fingerprint density at radius 1 is 1.28 bits per heavy atom. The van der Waals surface area contributed by atoms with Gasteiger partial charge in [-0.25, -0.2) is 9.67 Å². The van der Waals surface area contributed by atoms with Gasteiger partial charge in [0.25, 0.3) is 0 Å². The van der Waals surface area contributed by atoms with E-state index >= 15 is 0 Å². The second-order valence-corrected chi connectivity index (χ2v) is 6.10. The first-order chi connectivity index (χ1) is 12.2. The van der Waals surface area contributed by atoms with E-state index in [1.807, 2.05) is 53.7 Å². The highest BCUT2D eigenvalue weighted by atomic mass is 16.5. The Kier molecular flexibility index (Phi) is 5.50. The standard InChI is InChI=1S/C19H25N5O/c1-4-19-20-9-10-23(19)13-15(2)21-11-16-12-22-24(14-16)17-7-5-6-8-18(17)25-3/h5-10,12,14-15,21H,4,11,13H2,1-3H3. The zero-order valence-corrected chi connectivity index (χ0v) is 15.0. The van der Waals surface area contributed by atoms with Crippen LogP contribution in [0.1, 0.15) is 25.2 Å². The normalized spacial score (nSPS) is 12.3. The smallest absolute Gasteiger partial charge is 0.144 e. The highest BCUT2D eigenvalue weighted by Gasteiger charge is 2.09. The Hall–Kier alpha value is -2.60. The topological polar surface area (TPSA) is 56.9 Å². The van der Waals surface area contributed by atoms with Crippen molar-refractivity contribution in [1.29, 1.82) is 0 Å². The summed E-state index contributed by atoms with van der Waals surface area (Å²) in [5.74, 6) is 1.93. The molecule has 3 rings (SSSR count). The van der Waals surface area contributed by atoms with Crippen LogP contribution in [0.25, 0.3) is 5.69 Å². The van der Waals surface area contributed by atoms with E-state index in [9.17, 15) is 0 Å². The van der Waals surface area contributed by atoms with E-state index in [4.69, 9.17) is 4.74 Å². The molecule has 0 radical (unpaired) electrons. The van der Waals surface area contributed by atoms with Crippen LogP contribution < -0.4 is 10.1 Å². The molecule has 1 N–H and O–H groups in total. The third kappa shape index (κ3) is 4.09. The van der Waals surface area contributed by atoms with Gasteiger partial charge < -0.3 is 14.6 Å². The number of imidazole rings is 1. The first kappa shape index (κ1) is 17.2. The lowest BCUT2D eigenvalue weighted by molar-refractivity contribution is 0.411. The molecule has 0 aliphatic heterocycles. The molecule has 6 heteroatoms. The molecular formula is C19H25N5O. The summed E-state index contributed by atoms with van der Waals surface area (Å²) in [7, 11) is 1.67. The van der Waals surface area contributed by atoms with Crippen molar-refractivity contribution in [3.63, 3.8) is 0 Å². The monoisotopic (exact) mass is 339 g/mol. The van der Waals surface area contributed by atoms with Gasteiger partial charge in [-0.05, 0) is 19.1 Å². The maximum absolute atomic E-state index is 5.40. The van der Waals surface area contributed by atoms with Crippen molar-refractivity contribution in [2.24, 2.45) is 0 Å². The fourth-order valence-electron chi connectivity index (χ4n) is 2.87. The van der Waals surface area contributed by atoms with E-state index in [2.05, 4.69) is 33.8 Å². The van der Waals surface area contributed by atoms with E-state index in [0.29, 0.717) is 6.04 Å². The predicted molar refractivity (Wildman–Crippen MR) is 98.0 cm³/mol. The van der Waals surface area contributed by atoms with Gasteiger partial charge in [0.15, 0.2) is 0 Å². The van der Waals surface area contributed by atoms with Crippen LogP contribution in [0, 0.1) is 0 Å². The van der Waals surface area contributed by atoms with Crippen molar-refractivity contribution in [2.75, 3.05) is 7.11 Å². The first-order valence-corrected chi connectivity index (χ1v) is 8.61. The number of nitrogens with zero attached hydrogens (tertiary/aromatic N) is 4. The summed E-state index contributed by atoms with van der Waals surface area (Å²) < 4.78 is 9.46. The summed E-state index contributed by atoms with van der Waals surface area (Å²) in [6.07, 6.45) is 8.78. The number of aromatic nitrogens is 4. The van der Waals surface area contributed by atoms with Crippen molar-refractivity contribution >= 4 is 0 Å². The number of hydrogen-bond donors (Lipinski definition) is 1. The Morgan fingerprint density at radius 3 is 2.92 bits per heavy atom. The van der Waals surface area contributed by atoms with E-state index in [-0.39, 0.29) is 0 Å². The van der Waals surface area contributed by atoms with Gasteiger partial charge in [-0.3, -0.25) is 0 Å². The van der Waals surface area contributed by atoms with Gasteiger partial charge in [0.05, 0.1) is 13.3 Å². The van der Waals surface area contributed by atoms with Crippen molar-refractivity contribution in [3.8, 4) is 11.4 Å². The van der Waals surface area contributed by atoms with E-state index in [0.717, 1.165) is 42.3 Å². The van der Waals surface area contributed by atoms with Crippen LogP contribution in [0.3, 0.4) is 0 Å². The minimum atomic E-state index is 0.342. The summed E-state index contributed by atoms with van der Waals surface area (Å²) in [6.45, 7) is 5.99. The van der Waals surface area contributed by atoms with Gasteiger partial charge in [0.1, 0.15) is 17.3 Å². The molecule has 0 fully saturated rings. The molecule has 0 spiro atoms. The fraction of sp³-hybridized carbons (Fsp3) is 0.368. The van der Waals surface area contributed by atoms with Gasteiger partial charge in [0, 0.05) is 49.7 Å². The lowest BCUT2D eigenvalue weighted by Crippen LogP contribution is -2.30. The molecule has 0 aliphatic rings. The molecule has 0 aliphatic carbocycles. The summed E-state index contributed by atoms with van der Waals surface area (Å²) >= 11 is 0. The van der Waals surface area contributed by atoms with Gasteiger partial charge in [-0.15, -0.1) is 0 Å². The maximum atomic E-state index is 5.40. The zero-order chi connectivity index (χ0) is 17.6. The van der Waals surface area contributed by atoms with Gasteiger partial charge in [-0.1, -0.05) is 19.1 Å². The van der Waals surface area contributed by atoms with Gasteiger partial charge >= 0.3 is 0 Å². The quantitative estimate of drug-likeness (QED) is 0.686.